The minimum absolute atomic E-state index is 0.0525. The Balaban J connectivity index is 1.23. The van der Waals surface area contributed by atoms with Crippen LogP contribution in [0.15, 0.2) is 79.3 Å². The number of nitrogens with zero attached hydrogens (tertiary/aromatic N) is 6. The van der Waals surface area contributed by atoms with Crippen molar-refractivity contribution < 1.29 is 9.59 Å². The van der Waals surface area contributed by atoms with Gasteiger partial charge in [0.25, 0.3) is 5.91 Å². The molecule has 4 heterocycles. The molecule has 6 rings (SSSR count). The Morgan fingerprint density at radius 3 is 2.47 bits per heavy atom. The van der Waals surface area contributed by atoms with E-state index in [0.29, 0.717) is 24.6 Å². The van der Waals surface area contributed by atoms with E-state index in [-0.39, 0.29) is 35.1 Å². The summed E-state index contributed by atoms with van der Waals surface area (Å²) in [6.45, 7) is 1.37. The molecule has 188 valence electrons. The van der Waals surface area contributed by atoms with E-state index in [0.717, 1.165) is 28.8 Å². The van der Waals surface area contributed by atoms with Gasteiger partial charge in [0.2, 0.25) is 5.78 Å². The molecule has 1 aliphatic rings. The molecule has 38 heavy (non-hydrogen) atoms. The maximum absolute atomic E-state index is 13.1. The predicted molar refractivity (Wildman–Crippen MR) is 143 cm³/mol. The Labute approximate surface area is 218 Å². The summed E-state index contributed by atoms with van der Waals surface area (Å²) in [5.74, 6) is -0.101. The number of carbonyl (C=O) groups excluding carboxylic acids is 2. The highest BCUT2D eigenvalue weighted by atomic mass is 16.2. The number of aryl methyl sites for hydroxylation is 1. The second-order valence-corrected chi connectivity index (χ2v) is 9.35. The lowest BCUT2D eigenvalue weighted by Crippen LogP contribution is -2.42. The van der Waals surface area contributed by atoms with Crippen molar-refractivity contribution in [3.05, 3.63) is 96.2 Å². The van der Waals surface area contributed by atoms with Crippen LogP contribution in [-0.2, 0) is 7.05 Å². The van der Waals surface area contributed by atoms with Gasteiger partial charge in [-0.05, 0) is 29.7 Å². The molecular formula is C29H25N7O2. The zero-order chi connectivity index (χ0) is 26.2. The fourth-order valence-corrected chi connectivity index (χ4v) is 4.62. The Bertz CT molecular complexity index is 1700. The van der Waals surface area contributed by atoms with Crippen molar-refractivity contribution >= 4 is 23.2 Å². The number of amides is 1. The van der Waals surface area contributed by atoms with Crippen LogP contribution in [0.4, 0.5) is 0 Å². The van der Waals surface area contributed by atoms with Gasteiger partial charge in [-0.25, -0.2) is 9.97 Å². The van der Waals surface area contributed by atoms with Gasteiger partial charge in [-0.3, -0.25) is 18.7 Å². The fourth-order valence-electron chi connectivity index (χ4n) is 4.62. The van der Waals surface area contributed by atoms with E-state index in [4.69, 9.17) is 5.41 Å². The van der Waals surface area contributed by atoms with Crippen molar-refractivity contribution in [2.24, 2.45) is 7.05 Å². The van der Waals surface area contributed by atoms with Gasteiger partial charge >= 0.3 is 0 Å². The monoisotopic (exact) mass is 503 g/mol. The van der Waals surface area contributed by atoms with Crippen molar-refractivity contribution in [1.29, 1.82) is 5.41 Å². The first-order valence-electron chi connectivity index (χ1n) is 12.4. The van der Waals surface area contributed by atoms with Crippen LogP contribution in [0.1, 0.15) is 39.4 Å². The molecule has 0 spiro atoms. The van der Waals surface area contributed by atoms with Gasteiger partial charge in [-0.15, -0.1) is 0 Å². The van der Waals surface area contributed by atoms with Crippen LogP contribution in [0.25, 0.3) is 28.2 Å². The largest absolute Gasteiger partial charge is 0.338 e. The van der Waals surface area contributed by atoms with Gasteiger partial charge < -0.3 is 10.3 Å². The van der Waals surface area contributed by atoms with Gasteiger partial charge in [-0.2, -0.15) is 5.10 Å². The number of ketones is 1. The standard InChI is InChI=1S/C29H25N7O2/c1-34-27(22(17-31-34)28(38)35-12-6-13-35)26(37)16-23(30)24-11-14-36-18-25(33-29(36)32-24)21-10-5-9-20(15-21)19-7-3-2-4-8-19/h2-5,7-11,14-15,17-18,30H,6,12-13,16H2,1H3. The topological polar surface area (TPSA) is 109 Å². The number of nitrogens with one attached hydrogen (secondary N) is 1. The third-order valence-electron chi connectivity index (χ3n) is 6.81. The zero-order valence-corrected chi connectivity index (χ0v) is 20.8. The van der Waals surface area contributed by atoms with Crippen LogP contribution in [0, 0.1) is 5.41 Å². The van der Waals surface area contributed by atoms with E-state index in [2.05, 4.69) is 39.3 Å². The molecule has 9 heteroatoms. The molecule has 5 aromatic rings. The van der Waals surface area contributed by atoms with Crippen molar-refractivity contribution in [3.8, 4) is 22.4 Å². The van der Waals surface area contributed by atoms with Crippen LogP contribution in [-0.4, -0.2) is 59.5 Å². The average molecular weight is 504 g/mol. The summed E-state index contributed by atoms with van der Waals surface area (Å²) in [6, 6.07) is 20.0. The second-order valence-electron chi connectivity index (χ2n) is 9.35. The Morgan fingerprint density at radius 2 is 1.71 bits per heavy atom. The molecule has 1 fully saturated rings. The van der Waals surface area contributed by atoms with E-state index >= 15 is 0 Å². The van der Waals surface area contributed by atoms with E-state index in [9.17, 15) is 9.59 Å². The van der Waals surface area contributed by atoms with Gasteiger partial charge in [0.15, 0.2) is 5.78 Å². The SMILES string of the molecule is Cn1ncc(C(=O)N2CCC2)c1C(=O)CC(=N)c1ccn2cc(-c3cccc(-c4ccccc4)c3)nc2n1. The number of fused-ring (bicyclic) bond motifs is 1. The summed E-state index contributed by atoms with van der Waals surface area (Å²) in [4.78, 5) is 36.8. The van der Waals surface area contributed by atoms with Crippen LogP contribution in [0.5, 0.6) is 0 Å². The number of hydrogen-bond acceptors (Lipinski definition) is 6. The molecule has 0 saturated carbocycles. The molecule has 1 aliphatic heterocycles. The van der Waals surface area contributed by atoms with Crippen LogP contribution < -0.4 is 0 Å². The summed E-state index contributed by atoms with van der Waals surface area (Å²) >= 11 is 0. The molecule has 1 N–H and O–H groups in total. The third kappa shape index (κ3) is 4.28. The van der Waals surface area contributed by atoms with Crippen LogP contribution in [0.3, 0.4) is 0 Å². The number of imidazole rings is 1. The highest BCUT2D eigenvalue weighted by Crippen LogP contribution is 2.26. The lowest BCUT2D eigenvalue weighted by molar-refractivity contribution is 0.0647. The molecule has 0 aliphatic carbocycles. The van der Waals surface area contributed by atoms with Crippen LogP contribution >= 0.6 is 0 Å². The summed E-state index contributed by atoms with van der Waals surface area (Å²) < 4.78 is 3.21. The molecule has 0 atom stereocenters. The van der Waals surface area contributed by atoms with E-state index in [1.165, 1.54) is 10.9 Å². The summed E-state index contributed by atoms with van der Waals surface area (Å²) in [5, 5.41) is 12.7. The molecule has 9 nitrogen and oxygen atoms in total. The van der Waals surface area contributed by atoms with Crippen molar-refractivity contribution in [3.63, 3.8) is 0 Å². The quantitative estimate of drug-likeness (QED) is 0.263. The van der Waals surface area contributed by atoms with Crippen molar-refractivity contribution in [2.45, 2.75) is 12.8 Å². The number of likely N-dealkylation sites (tertiary alicyclic amines) is 1. The van der Waals surface area contributed by atoms with Crippen molar-refractivity contribution in [2.75, 3.05) is 13.1 Å². The molecule has 1 saturated heterocycles. The number of carbonyl (C=O) groups is 2. The highest BCUT2D eigenvalue weighted by molar-refractivity contribution is 6.16. The molecule has 0 unspecified atom stereocenters. The molecule has 2 aromatic carbocycles. The molecule has 3 aromatic heterocycles. The average Bonchev–Trinajstić information content (AvgIpc) is 3.51. The Kier molecular flexibility index (Phi) is 5.88. The maximum atomic E-state index is 13.1. The molecular weight excluding hydrogens is 478 g/mol. The first-order chi connectivity index (χ1) is 18.5. The molecule has 1 amide bonds. The van der Waals surface area contributed by atoms with Gasteiger partial charge in [0.1, 0.15) is 5.69 Å². The zero-order valence-electron chi connectivity index (χ0n) is 20.8. The summed E-state index contributed by atoms with van der Waals surface area (Å²) in [6.07, 6.45) is 5.88. The Hall–Kier alpha value is -4.92. The number of benzene rings is 2. The van der Waals surface area contributed by atoms with Gasteiger partial charge in [-0.1, -0.05) is 48.5 Å². The number of hydrogen-bond donors (Lipinski definition) is 1. The first kappa shape index (κ1) is 23.5. The fraction of sp³-hybridized carbons (Fsp3) is 0.172. The van der Waals surface area contributed by atoms with E-state index in [1.54, 1.807) is 28.6 Å². The smallest absolute Gasteiger partial charge is 0.257 e. The normalized spacial score (nSPS) is 12.9. The van der Waals surface area contributed by atoms with E-state index < -0.39 is 0 Å². The maximum Gasteiger partial charge on any atom is 0.257 e. The summed E-state index contributed by atoms with van der Waals surface area (Å²) in [5.41, 5.74) is 4.85. The van der Waals surface area contributed by atoms with Crippen LogP contribution in [0.2, 0.25) is 0 Å². The molecule has 0 bridgehead atoms. The summed E-state index contributed by atoms with van der Waals surface area (Å²) in [7, 11) is 1.63. The van der Waals surface area contributed by atoms with Gasteiger partial charge in [0.05, 0.1) is 35.3 Å². The van der Waals surface area contributed by atoms with Gasteiger partial charge in [0, 0.05) is 38.1 Å². The van der Waals surface area contributed by atoms with E-state index in [1.807, 2.05) is 36.5 Å². The second kappa shape index (κ2) is 9.51. The first-order valence-corrected chi connectivity index (χ1v) is 12.4. The predicted octanol–water partition coefficient (Wildman–Crippen LogP) is 4.28. The highest BCUT2D eigenvalue weighted by Gasteiger charge is 2.29. The number of Topliss-reactive ketones (excluding diaryl/α,β-unsaturated/α-hetero) is 1. The van der Waals surface area contributed by atoms with Crippen molar-refractivity contribution in [1.82, 2.24) is 29.0 Å². The minimum atomic E-state index is -0.345. The number of aromatic nitrogens is 5. The number of rotatable bonds is 7. The third-order valence-corrected chi connectivity index (χ3v) is 6.81. The lowest BCUT2D eigenvalue weighted by atomic mass is 10.0. The lowest BCUT2D eigenvalue weighted by Gasteiger charge is -2.30. The molecule has 0 radical (unpaired) electrons. The Morgan fingerprint density at radius 1 is 0.947 bits per heavy atom. The minimum Gasteiger partial charge on any atom is -0.338 e.